The number of aromatic nitrogens is 2. The first-order valence-corrected chi connectivity index (χ1v) is 6.88. The van der Waals surface area contributed by atoms with Gasteiger partial charge in [-0.25, -0.2) is 9.97 Å². The number of rotatable bonds is 4. The van der Waals surface area contributed by atoms with Crippen LogP contribution in [0.5, 0.6) is 5.88 Å². The van der Waals surface area contributed by atoms with E-state index in [2.05, 4.69) is 21.4 Å². The molecule has 3 aromatic rings. The molecule has 3 rings (SSSR count). The first-order chi connectivity index (χ1) is 9.33. The molecule has 0 radical (unpaired) electrons. The van der Waals surface area contributed by atoms with Gasteiger partial charge in [0.1, 0.15) is 0 Å². The van der Waals surface area contributed by atoms with Crippen LogP contribution < -0.4 is 10.5 Å². The lowest BCUT2D eigenvalue weighted by Crippen LogP contribution is -2.06. The summed E-state index contributed by atoms with van der Waals surface area (Å²) in [7, 11) is 0. The third-order valence-corrected chi connectivity index (χ3v) is 3.67. The Balaban J connectivity index is 1.75. The van der Waals surface area contributed by atoms with E-state index in [9.17, 15) is 0 Å². The van der Waals surface area contributed by atoms with Crippen molar-refractivity contribution in [3.8, 4) is 5.88 Å². The number of nitrogens with zero attached hydrogens (tertiary/aromatic N) is 2. The number of hydrogen-bond acceptors (Lipinski definition) is 5. The Labute approximate surface area is 114 Å². The van der Waals surface area contributed by atoms with E-state index in [0.29, 0.717) is 18.3 Å². The first kappa shape index (κ1) is 11.9. The average Bonchev–Trinajstić information content (AvgIpc) is 2.92. The topological polar surface area (TPSA) is 61.0 Å². The predicted octanol–water partition coefficient (Wildman–Crippen LogP) is 2.90. The molecular weight excluding hydrogens is 258 g/mol. The molecule has 2 N–H and O–H groups in total. The monoisotopic (exact) mass is 271 g/mol. The first-order valence-electron chi connectivity index (χ1n) is 6.00. The Morgan fingerprint density at radius 2 is 1.84 bits per heavy atom. The molecule has 0 spiro atoms. The maximum atomic E-state index is 5.85. The Bertz CT molecular complexity index is 682. The number of hydrogen-bond donors (Lipinski definition) is 1. The van der Waals surface area contributed by atoms with Crippen LogP contribution in [0.4, 0.5) is 5.82 Å². The van der Waals surface area contributed by atoms with Crippen molar-refractivity contribution in [2.45, 2.75) is 6.42 Å². The van der Waals surface area contributed by atoms with Gasteiger partial charge in [0.15, 0.2) is 5.82 Å². The van der Waals surface area contributed by atoms with Gasteiger partial charge in [0.05, 0.1) is 17.6 Å². The van der Waals surface area contributed by atoms with E-state index in [1.807, 2.05) is 30.3 Å². The Hall–Kier alpha value is -2.14. The molecule has 0 amide bonds. The summed E-state index contributed by atoms with van der Waals surface area (Å²) in [6, 6.07) is 11.7. The summed E-state index contributed by atoms with van der Waals surface area (Å²) >= 11 is 1.72. The van der Waals surface area contributed by atoms with Crippen LogP contribution in [0.15, 0.2) is 41.8 Å². The van der Waals surface area contributed by atoms with Crippen molar-refractivity contribution in [3.63, 3.8) is 0 Å². The number of fused-ring (bicyclic) bond motifs is 1. The maximum absolute atomic E-state index is 5.85. The zero-order chi connectivity index (χ0) is 13.1. The lowest BCUT2D eigenvalue weighted by atomic mass is 10.3. The van der Waals surface area contributed by atoms with Crippen molar-refractivity contribution in [1.82, 2.24) is 9.97 Å². The van der Waals surface area contributed by atoms with E-state index in [0.717, 1.165) is 17.5 Å². The van der Waals surface area contributed by atoms with Crippen molar-refractivity contribution in [2.24, 2.45) is 0 Å². The summed E-state index contributed by atoms with van der Waals surface area (Å²) in [5.41, 5.74) is 7.43. The molecule has 19 heavy (non-hydrogen) atoms. The maximum Gasteiger partial charge on any atom is 0.257 e. The van der Waals surface area contributed by atoms with Gasteiger partial charge in [0.25, 0.3) is 5.88 Å². The Morgan fingerprint density at radius 3 is 2.58 bits per heavy atom. The lowest BCUT2D eigenvalue weighted by molar-refractivity contribution is 0.312. The molecule has 2 heterocycles. The van der Waals surface area contributed by atoms with Gasteiger partial charge in [-0.05, 0) is 23.6 Å². The molecule has 0 fully saturated rings. The van der Waals surface area contributed by atoms with Gasteiger partial charge in [-0.2, -0.15) is 0 Å². The predicted molar refractivity (Wildman–Crippen MR) is 77.5 cm³/mol. The number of benzene rings is 1. The van der Waals surface area contributed by atoms with Gasteiger partial charge in [0.2, 0.25) is 0 Å². The van der Waals surface area contributed by atoms with Crippen molar-refractivity contribution in [3.05, 3.63) is 46.7 Å². The second-order valence-electron chi connectivity index (χ2n) is 4.08. The molecule has 0 unspecified atom stereocenters. The normalized spacial score (nSPS) is 10.7. The molecule has 0 saturated heterocycles. The molecule has 0 aliphatic heterocycles. The highest BCUT2D eigenvalue weighted by molar-refractivity contribution is 7.09. The minimum Gasteiger partial charge on any atom is -0.475 e. The highest BCUT2D eigenvalue weighted by Gasteiger charge is 2.06. The number of anilines is 1. The number of para-hydroxylation sites is 2. The molecule has 1 aromatic carbocycles. The molecule has 0 atom stereocenters. The SMILES string of the molecule is Nc1nc2ccccc2nc1OCCc1cccs1. The number of thiophene rings is 1. The van der Waals surface area contributed by atoms with Gasteiger partial charge in [-0.3, -0.25) is 0 Å². The van der Waals surface area contributed by atoms with Gasteiger partial charge in [-0.1, -0.05) is 18.2 Å². The molecule has 0 aliphatic carbocycles. The van der Waals surface area contributed by atoms with Crippen LogP contribution in [0.2, 0.25) is 0 Å². The van der Waals surface area contributed by atoms with E-state index < -0.39 is 0 Å². The molecule has 0 bridgehead atoms. The summed E-state index contributed by atoms with van der Waals surface area (Å²) in [4.78, 5) is 9.96. The van der Waals surface area contributed by atoms with Gasteiger partial charge < -0.3 is 10.5 Å². The van der Waals surface area contributed by atoms with Crippen LogP contribution in [0.3, 0.4) is 0 Å². The Morgan fingerprint density at radius 1 is 1.05 bits per heavy atom. The zero-order valence-corrected chi connectivity index (χ0v) is 11.1. The minimum atomic E-state index is 0.338. The van der Waals surface area contributed by atoms with E-state index in [1.54, 1.807) is 11.3 Å². The molecule has 5 heteroatoms. The van der Waals surface area contributed by atoms with Crippen LogP contribution in [-0.4, -0.2) is 16.6 Å². The summed E-state index contributed by atoms with van der Waals surface area (Å²) in [5.74, 6) is 0.750. The zero-order valence-electron chi connectivity index (χ0n) is 10.2. The lowest BCUT2D eigenvalue weighted by Gasteiger charge is -2.07. The summed E-state index contributed by atoms with van der Waals surface area (Å²) < 4.78 is 5.63. The fourth-order valence-corrected chi connectivity index (χ4v) is 2.50. The molecule has 2 aromatic heterocycles. The van der Waals surface area contributed by atoms with E-state index in [4.69, 9.17) is 10.5 Å². The molecule has 0 saturated carbocycles. The summed E-state index contributed by atoms with van der Waals surface area (Å²) in [5, 5.41) is 2.06. The average molecular weight is 271 g/mol. The van der Waals surface area contributed by atoms with Crippen LogP contribution >= 0.6 is 11.3 Å². The fraction of sp³-hybridized carbons (Fsp3) is 0.143. The van der Waals surface area contributed by atoms with Crippen molar-refractivity contribution in [1.29, 1.82) is 0 Å². The van der Waals surface area contributed by atoms with Crippen LogP contribution in [-0.2, 0) is 6.42 Å². The molecule has 4 nitrogen and oxygen atoms in total. The summed E-state index contributed by atoms with van der Waals surface area (Å²) in [6.07, 6.45) is 0.853. The highest BCUT2D eigenvalue weighted by atomic mass is 32.1. The second-order valence-corrected chi connectivity index (χ2v) is 5.11. The van der Waals surface area contributed by atoms with Crippen molar-refractivity contribution >= 4 is 28.2 Å². The van der Waals surface area contributed by atoms with Gasteiger partial charge in [-0.15, -0.1) is 11.3 Å². The van der Waals surface area contributed by atoms with Crippen LogP contribution in [0.25, 0.3) is 11.0 Å². The van der Waals surface area contributed by atoms with E-state index in [1.165, 1.54) is 4.88 Å². The van der Waals surface area contributed by atoms with E-state index in [-0.39, 0.29) is 0 Å². The number of nitrogens with two attached hydrogens (primary N) is 1. The largest absolute Gasteiger partial charge is 0.475 e. The Kier molecular flexibility index (Phi) is 3.29. The van der Waals surface area contributed by atoms with Crippen LogP contribution in [0.1, 0.15) is 4.88 Å². The third-order valence-electron chi connectivity index (χ3n) is 2.73. The quantitative estimate of drug-likeness (QED) is 0.792. The van der Waals surface area contributed by atoms with Crippen molar-refractivity contribution in [2.75, 3.05) is 12.3 Å². The third kappa shape index (κ3) is 2.66. The fourth-order valence-electron chi connectivity index (χ4n) is 1.81. The van der Waals surface area contributed by atoms with Gasteiger partial charge >= 0.3 is 0 Å². The summed E-state index contributed by atoms with van der Waals surface area (Å²) in [6.45, 7) is 0.553. The van der Waals surface area contributed by atoms with Crippen LogP contribution in [0, 0.1) is 0 Å². The van der Waals surface area contributed by atoms with E-state index >= 15 is 0 Å². The molecule has 96 valence electrons. The van der Waals surface area contributed by atoms with Gasteiger partial charge in [0, 0.05) is 11.3 Å². The number of nitrogen functional groups attached to an aromatic ring is 1. The standard InChI is InChI=1S/C14H13N3OS/c15-13-14(18-8-7-10-4-3-9-19-10)17-12-6-2-1-5-11(12)16-13/h1-6,9H,7-8H2,(H2,15,16). The molecular formula is C14H13N3OS. The molecule has 0 aliphatic rings. The number of ether oxygens (including phenoxy) is 1. The van der Waals surface area contributed by atoms with Crippen molar-refractivity contribution < 1.29 is 4.74 Å². The minimum absolute atomic E-state index is 0.338. The smallest absolute Gasteiger partial charge is 0.257 e. The second kappa shape index (κ2) is 5.24. The highest BCUT2D eigenvalue weighted by Crippen LogP contribution is 2.20.